The Hall–Kier alpha value is -3.40. The van der Waals surface area contributed by atoms with E-state index in [1.807, 2.05) is 37.4 Å². The number of rotatable bonds is 4. The van der Waals surface area contributed by atoms with Crippen LogP contribution in [0.15, 0.2) is 86.0 Å². The smallest absolute Gasteiger partial charge is 0.0949 e. The van der Waals surface area contributed by atoms with Crippen molar-refractivity contribution in [3.63, 3.8) is 0 Å². The Bertz CT molecular complexity index is 1020. The summed E-state index contributed by atoms with van der Waals surface area (Å²) in [7, 11) is 0. The van der Waals surface area contributed by atoms with Crippen LogP contribution < -0.4 is 0 Å². The predicted octanol–water partition coefficient (Wildman–Crippen LogP) is 4.48. The summed E-state index contributed by atoms with van der Waals surface area (Å²) >= 11 is 0. The maximum Gasteiger partial charge on any atom is 0.0949 e. The van der Waals surface area contributed by atoms with E-state index in [1.165, 1.54) is 32.7 Å². The average Bonchev–Trinajstić information content (AvgIpc) is 3.38. The molecule has 0 unspecified atom stereocenters. The molecule has 26 heavy (non-hydrogen) atoms. The molecule has 0 aliphatic rings. The van der Waals surface area contributed by atoms with Gasteiger partial charge in [-0.3, -0.25) is 0 Å². The van der Waals surface area contributed by atoms with Gasteiger partial charge in [-0.2, -0.15) is 0 Å². The lowest BCUT2D eigenvalue weighted by molar-refractivity contribution is 0.801. The van der Waals surface area contributed by atoms with Crippen LogP contribution in [0.4, 0.5) is 0 Å². The molecule has 0 N–H and O–H groups in total. The van der Waals surface area contributed by atoms with Crippen molar-refractivity contribution >= 4 is 21.5 Å². The van der Waals surface area contributed by atoms with E-state index < -0.39 is 0 Å². The monoisotopic (exact) mass is 338 g/mol. The molecular formula is C22H18N4. The number of imidazole rings is 2. The fraction of sp³-hybridized carbons (Fsp3) is 0.0909. The molecule has 126 valence electrons. The third-order valence-corrected chi connectivity index (χ3v) is 4.95. The van der Waals surface area contributed by atoms with Crippen molar-refractivity contribution in [3.05, 3.63) is 97.1 Å². The molecule has 0 saturated heterocycles. The standard InChI is InChI=1S/C22H18N4/c1-2-6-18-17(5-1)21(13-25-11-9-23-15-25)19-7-3-4-8-20(19)22(18)14-26-12-10-24-16-26/h1-12,15-16H,13-14H2. The SMILES string of the molecule is c1ccc2c(Cn3ccnc3)c3ccccc3c(Cn3ccnc3)c2c1. The highest BCUT2D eigenvalue weighted by Gasteiger charge is 2.14. The second-order valence-corrected chi connectivity index (χ2v) is 6.52. The van der Waals surface area contributed by atoms with Crippen LogP contribution in [0.1, 0.15) is 11.1 Å². The first-order valence-electron chi connectivity index (χ1n) is 8.73. The molecule has 2 heterocycles. The molecular weight excluding hydrogens is 320 g/mol. The van der Waals surface area contributed by atoms with E-state index in [0.717, 1.165) is 13.1 Å². The van der Waals surface area contributed by atoms with Gasteiger partial charge in [-0.1, -0.05) is 48.5 Å². The number of hydrogen-bond acceptors (Lipinski definition) is 2. The summed E-state index contributed by atoms with van der Waals surface area (Å²) in [6, 6.07) is 17.4. The van der Waals surface area contributed by atoms with Crippen LogP contribution >= 0.6 is 0 Å². The minimum absolute atomic E-state index is 0.812. The van der Waals surface area contributed by atoms with Gasteiger partial charge in [0.15, 0.2) is 0 Å². The van der Waals surface area contributed by atoms with Gasteiger partial charge < -0.3 is 9.13 Å². The second kappa shape index (κ2) is 6.15. The fourth-order valence-electron chi connectivity index (χ4n) is 3.78. The molecule has 5 rings (SSSR count). The lowest BCUT2D eigenvalue weighted by Crippen LogP contribution is -2.04. The molecule has 0 aliphatic heterocycles. The Kier molecular flexibility index (Phi) is 3.53. The van der Waals surface area contributed by atoms with Gasteiger partial charge in [0, 0.05) is 37.9 Å². The Morgan fingerprint density at radius 3 is 1.27 bits per heavy atom. The first-order chi connectivity index (χ1) is 12.9. The van der Waals surface area contributed by atoms with E-state index in [9.17, 15) is 0 Å². The number of fused-ring (bicyclic) bond motifs is 2. The van der Waals surface area contributed by atoms with Gasteiger partial charge >= 0.3 is 0 Å². The third kappa shape index (κ3) is 2.47. The zero-order chi connectivity index (χ0) is 17.3. The van der Waals surface area contributed by atoms with Crippen LogP contribution in [0.25, 0.3) is 21.5 Å². The molecule has 0 amide bonds. The third-order valence-electron chi connectivity index (χ3n) is 4.95. The zero-order valence-corrected chi connectivity index (χ0v) is 14.3. The van der Waals surface area contributed by atoms with E-state index in [-0.39, 0.29) is 0 Å². The molecule has 4 heteroatoms. The summed E-state index contributed by atoms with van der Waals surface area (Å²) in [6.07, 6.45) is 11.5. The Morgan fingerprint density at radius 2 is 0.962 bits per heavy atom. The minimum Gasteiger partial charge on any atom is -0.333 e. The van der Waals surface area contributed by atoms with Crippen LogP contribution in [-0.4, -0.2) is 19.1 Å². The molecule has 0 atom stereocenters. The molecule has 0 fully saturated rings. The molecule has 3 aromatic carbocycles. The lowest BCUT2D eigenvalue weighted by Gasteiger charge is -2.17. The van der Waals surface area contributed by atoms with Crippen molar-refractivity contribution < 1.29 is 0 Å². The molecule has 0 spiro atoms. The average molecular weight is 338 g/mol. The molecule has 0 bridgehead atoms. The summed E-state index contributed by atoms with van der Waals surface area (Å²) in [5.41, 5.74) is 2.67. The first-order valence-corrected chi connectivity index (χ1v) is 8.73. The van der Waals surface area contributed by atoms with Gasteiger partial charge in [0.25, 0.3) is 0 Å². The molecule has 4 nitrogen and oxygen atoms in total. The Balaban J connectivity index is 1.82. The van der Waals surface area contributed by atoms with Crippen molar-refractivity contribution in [2.45, 2.75) is 13.1 Å². The highest BCUT2D eigenvalue weighted by atomic mass is 15.0. The quantitative estimate of drug-likeness (QED) is 0.453. The van der Waals surface area contributed by atoms with Gasteiger partial charge in [0.1, 0.15) is 0 Å². The van der Waals surface area contributed by atoms with E-state index >= 15 is 0 Å². The van der Waals surface area contributed by atoms with E-state index in [0.29, 0.717) is 0 Å². The summed E-state index contributed by atoms with van der Waals surface area (Å²) in [5.74, 6) is 0. The van der Waals surface area contributed by atoms with Crippen molar-refractivity contribution in [1.82, 2.24) is 19.1 Å². The molecule has 0 saturated carbocycles. The zero-order valence-electron chi connectivity index (χ0n) is 14.3. The van der Waals surface area contributed by atoms with E-state index in [4.69, 9.17) is 0 Å². The van der Waals surface area contributed by atoms with Crippen LogP contribution in [0.3, 0.4) is 0 Å². The van der Waals surface area contributed by atoms with E-state index in [1.54, 1.807) is 0 Å². The number of aromatic nitrogens is 4. The Labute approximate surface area is 151 Å². The van der Waals surface area contributed by atoms with Gasteiger partial charge in [-0.25, -0.2) is 9.97 Å². The lowest BCUT2D eigenvalue weighted by atomic mass is 9.91. The van der Waals surface area contributed by atoms with Crippen LogP contribution in [0.2, 0.25) is 0 Å². The maximum atomic E-state index is 4.20. The fourth-order valence-corrected chi connectivity index (χ4v) is 3.78. The van der Waals surface area contributed by atoms with Crippen LogP contribution in [0.5, 0.6) is 0 Å². The van der Waals surface area contributed by atoms with Gasteiger partial charge in [0.2, 0.25) is 0 Å². The molecule has 0 radical (unpaired) electrons. The summed E-state index contributed by atoms with van der Waals surface area (Å²) in [5, 5.41) is 5.20. The van der Waals surface area contributed by atoms with Crippen molar-refractivity contribution in [3.8, 4) is 0 Å². The van der Waals surface area contributed by atoms with Crippen LogP contribution in [-0.2, 0) is 13.1 Å². The second-order valence-electron chi connectivity index (χ2n) is 6.52. The number of hydrogen-bond donors (Lipinski definition) is 0. The van der Waals surface area contributed by atoms with Crippen molar-refractivity contribution in [2.75, 3.05) is 0 Å². The predicted molar refractivity (Wildman–Crippen MR) is 104 cm³/mol. The Morgan fingerprint density at radius 1 is 0.577 bits per heavy atom. The summed E-state index contributed by atoms with van der Waals surface area (Å²) in [6.45, 7) is 1.62. The largest absolute Gasteiger partial charge is 0.333 e. The number of benzene rings is 3. The first kappa shape index (κ1) is 14.9. The number of nitrogens with zero attached hydrogens (tertiary/aromatic N) is 4. The van der Waals surface area contributed by atoms with Gasteiger partial charge in [-0.15, -0.1) is 0 Å². The molecule has 2 aromatic heterocycles. The maximum absolute atomic E-state index is 4.20. The topological polar surface area (TPSA) is 35.6 Å². The molecule has 0 aliphatic carbocycles. The van der Waals surface area contributed by atoms with Crippen molar-refractivity contribution in [2.24, 2.45) is 0 Å². The van der Waals surface area contributed by atoms with E-state index in [2.05, 4.69) is 67.6 Å². The highest BCUT2D eigenvalue weighted by molar-refractivity contribution is 6.05. The summed E-state index contributed by atoms with van der Waals surface area (Å²) in [4.78, 5) is 8.40. The normalized spacial score (nSPS) is 11.4. The summed E-state index contributed by atoms with van der Waals surface area (Å²) < 4.78 is 4.26. The van der Waals surface area contributed by atoms with Gasteiger partial charge in [-0.05, 0) is 32.7 Å². The highest BCUT2D eigenvalue weighted by Crippen LogP contribution is 2.34. The molecule has 5 aromatic rings. The minimum atomic E-state index is 0.812. The van der Waals surface area contributed by atoms with Gasteiger partial charge in [0.05, 0.1) is 12.7 Å². The van der Waals surface area contributed by atoms with Crippen LogP contribution in [0, 0.1) is 0 Å². The van der Waals surface area contributed by atoms with Crippen molar-refractivity contribution in [1.29, 1.82) is 0 Å².